The highest BCUT2D eigenvalue weighted by Crippen LogP contribution is 2.30. The van der Waals surface area contributed by atoms with E-state index in [0.29, 0.717) is 17.9 Å². The molecule has 1 nitrogen and oxygen atoms in total. The maximum Gasteiger partial charge on any atom is 0.416 e. The third-order valence-electron chi connectivity index (χ3n) is 3.17. The maximum atomic E-state index is 12.7. The van der Waals surface area contributed by atoms with Crippen molar-refractivity contribution < 1.29 is 13.2 Å². The lowest BCUT2D eigenvalue weighted by atomic mass is 9.97. The average molecular weight is 279 g/mol. The van der Waals surface area contributed by atoms with Gasteiger partial charge in [0.05, 0.1) is 5.56 Å². The summed E-state index contributed by atoms with van der Waals surface area (Å²) in [6.45, 7) is 4.10. The van der Waals surface area contributed by atoms with Gasteiger partial charge >= 0.3 is 6.18 Å². The van der Waals surface area contributed by atoms with Crippen molar-refractivity contribution in [3.05, 3.63) is 65.0 Å². The summed E-state index contributed by atoms with van der Waals surface area (Å²) in [5, 5.41) is 0. The fourth-order valence-electron chi connectivity index (χ4n) is 2.17. The Hall–Kier alpha value is -1.84. The zero-order valence-corrected chi connectivity index (χ0v) is 11.4. The van der Waals surface area contributed by atoms with Crippen molar-refractivity contribution in [3.8, 4) is 0 Å². The van der Waals surface area contributed by atoms with Crippen molar-refractivity contribution in [2.24, 2.45) is 0 Å². The predicted octanol–water partition coefficient (Wildman–Crippen LogP) is 4.81. The zero-order valence-electron chi connectivity index (χ0n) is 11.4. The quantitative estimate of drug-likeness (QED) is 0.785. The molecule has 2 aromatic rings. The molecule has 0 spiro atoms. The van der Waals surface area contributed by atoms with Crippen LogP contribution in [0.5, 0.6) is 0 Å². The van der Waals surface area contributed by atoms with E-state index in [1.165, 1.54) is 12.1 Å². The van der Waals surface area contributed by atoms with E-state index in [-0.39, 0.29) is 0 Å². The van der Waals surface area contributed by atoms with Crippen LogP contribution in [-0.4, -0.2) is 4.98 Å². The lowest BCUT2D eigenvalue weighted by molar-refractivity contribution is -0.137. The molecule has 4 heteroatoms. The molecular weight excluding hydrogens is 263 g/mol. The molecule has 20 heavy (non-hydrogen) atoms. The van der Waals surface area contributed by atoms with E-state index < -0.39 is 11.7 Å². The second kappa shape index (κ2) is 5.65. The van der Waals surface area contributed by atoms with E-state index in [1.807, 2.05) is 26.0 Å². The van der Waals surface area contributed by atoms with E-state index in [2.05, 4.69) is 4.98 Å². The van der Waals surface area contributed by atoms with Crippen LogP contribution >= 0.6 is 0 Å². The zero-order chi connectivity index (χ0) is 14.8. The van der Waals surface area contributed by atoms with Crippen LogP contribution in [0.3, 0.4) is 0 Å². The van der Waals surface area contributed by atoms with Gasteiger partial charge < -0.3 is 0 Å². The van der Waals surface area contributed by atoms with Gasteiger partial charge in [0.2, 0.25) is 0 Å². The summed E-state index contributed by atoms with van der Waals surface area (Å²) in [6.07, 6.45) is -2.21. The number of hydrogen-bond acceptors (Lipinski definition) is 1. The molecule has 0 aliphatic carbocycles. The molecule has 0 N–H and O–H groups in total. The largest absolute Gasteiger partial charge is 0.416 e. The van der Waals surface area contributed by atoms with Gasteiger partial charge in [0.1, 0.15) is 0 Å². The van der Waals surface area contributed by atoms with Crippen LogP contribution in [0.15, 0.2) is 42.6 Å². The normalized spacial score (nSPS) is 11.9. The van der Waals surface area contributed by atoms with Crippen LogP contribution in [0, 0.1) is 0 Å². The Morgan fingerprint density at radius 3 is 2.50 bits per heavy atom. The number of hydrogen-bond donors (Lipinski definition) is 0. The Morgan fingerprint density at radius 1 is 1.10 bits per heavy atom. The second-order valence-corrected chi connectivity index (χ2v) is 5.07. The van der Waals surface area contributed by atoms with E-state index in [9.17, 15) is 13.2 Å². The molecule has 0 amide bonds. The molecule has 0 aliphatic rings. The van der Waals surface area contributed by atoms with Crippen LogP contribution < -0.4 is 0 Å². The summed E-state index contributed by atoms with van der Waals surface area (Å²) in [5.74, 6) is 0.296. The predicted molar refractivity (Wildman–Crippen MR) is 72.6 cm³/mol. The van der Waals surface area contributed by atoms with Crippen molar-refractivity contribution in [1.82, 2.24) is 4.98 Å². The number of rotatable bonds is 3. The lowest BCUT2D eigenvalue weighted by Crippen LogP contribution is -2.06. The standard InChI is InChI=1S/C16H16F3N/c1-11(2)14-7-4-8-20-15(14)10-12-5-3-6-13(9-12)16(17,18)19/h3-9,11H,10H2,1-2H3. The second-order valence-electron chi connectivity index (χ2n) is 5.07. The first-order valence-corrected chi connectivity index (χ1v) is 6.48. The summed E-state index contributed by atoms with van der Waals surface area (Å²) in [4.78, 5) is 4.31. The maximum absolute atomic E-state index is 12.7. The molecule has 0 radical (unpaired) electrons. The number of benzene rings is 1. The van der Waals surface area contributed by atoms with Gasteiger partial charge in [-0.15, -0.1) is 0 Å². The average Bonchev–Trinajstić information content (AvgIpc) is 2.38. The first-order chi connectivity index (χ1) is 9.38. The molecular formula is C16H16F3N. The van der Waals surface area contributed by atoms with Crippen LogP contribution in [0.25, 0.3) is 0 Å². The van der Waals surface area contributed by atoms with Gasteiger partial charge in [-0.1, -0.05) is 38.1 Å². The van der Waals surface area contributed by atoms with Gasteiger partial charge in [0, 0.05) is 18.3 Å². The molecule has 1 aromatic heterocycles. The molecule has 0 atom stereocenters. The molecule has 1 heterocycles. The molecule has 0 saturated heterocycles. The van der Waals surface area contributed by atoms with Gasteiger partial charge in [-0.25, -0.2) is 0 Å². The minimum absolute atomic E-state index is 0.296. The number of nitrogens with zero attached hydrogens (tertiary/aromatic N) is 1. The Bertz CT molecular complexity index is 588. The molecule has 0 bridgehead atoms. The highest BCUT2D eigenvalue weighted by atomic mass is 19.4. The molecule has 1 aromatic carbocycles. The summed E-state index contributed by atoms with van der Waals surface area (Å²) >= 11 is 0. The van der Waals surface area contributed by atoms with E-state index >= 15 is 0 Å². The number of aromatic nitrogens is 1. The highest BCUT2D eigenvalue weighted by Gasteiger charge is 2.30. The van der Waals surface area contributed by atoms with Crippen LogP contribution in [0.4, 0.5) is 13.2 Å². The Labute approximate surface area is 116 Å². The first-order valence-electron chi connectivity index (χ1n) is 6.48. The van der Waals surface area contributed by atoms with Crippen molar-refractivity contribution in [3.63, 3.8) is 0 Å². The Morgan fingerprint density at radius 2 is 1.85 bits per heavy atom. The van der Waals surface area contributed by atoms with Gasteiger partial charge in [-0.3, -0.25) is 4.98 Å². The number of pyridine rings is 1. The molecule has 2 rings (SSSR count). The summed E-state index contributed by atoms with van der Waals surface area (Å²) in [5.41, 5.74) is 1.92. The highest BCUT2D eigenvalue weighted by molar-refractivity contribution is 5.32. The van der Waals surface area contributed by atoms with Crippen molar-refractivity contribution >= 4 is 0 Å². The van der Waals surface area contributed by atoms with Crippen molar-refractivity contribution in [2.75, 3.05) is 0 Å². The third kappa shape index (κ3) is 3.38. The topological polar surface area (TPSA) is 12.9 Å². The smallest absolute Gasteiger partial charge is 0.261 e. The van der Waals surface area contributed by atoms with E-state index in [4.69, 9.17) is 0 Å². The first kappa shape index (κ1) is 14.6. The fraction of sp³-hybridized carbons (Fsp3) is 0.312. The van der Waals surface area contributed by atoms with Crippen LogP contribution in [0.1, 0.15) is 42.1 Å². The molecule has 106 valence electrons. The van der Waals surface area contributed by atoms with Crippen LogP contribution in [-0.2, 0) is 12.6 Å². The summed E-state index contributed by atoms with van der Waals surface area (Å²) < 4.78 is 38.1. The lowest BCUT2D eigenvalue weighted by Gasteiger charge is -2.12. The minimum atomic E-state index is -4.30. The Balaban J connectivity index is 2.31. The molecule has 0 fully saturated rings. The number of halogens is 3. The van der Waals surface area contributed by atoms with Gasteiger partial charge in [-0.05, 0) is 29.2 Å². The van der Waals surface area contributed by atoms with E-state index in [0.717, 1.165) is 17.3 Å². The van der Waals surface area contributed by atoms with Gasteiger partial charge in [0.15, 0.2) is 0 Å². The summed E-state index contributed by atoms with van der Waals surface area (Å²) in [7, 11) is 0. The van der Waals surface area contributed by atoms with Crippen molar-refractivity contribution in [2.45, 2.75) is 32.4 Å². The SMILES string of the molecule is CC(C)c1cccnc1Cc1cccc(C(F)(F)F)c1. The number of alkyl halides is 3. The third-order valence-corrected chi connectivity index (χ3v) is 3.17. The summed E-state index contributed by atoms with van der Waals surface area (Å²) in [6, 6.07) is 9.25. The van der Waals surface area contributed by atoms with Crippen LogP contribution in [0.2, 0.25) is 0 Å². The molecule has 0 aliphatic heterocycles. The minimum Gasteiger partial charge on any atom is -0.261 e. The monoisotopic (exact) mass is 279 g/mol. The van der Waals surface area contributed by atoms with Gasteiger partial charge in [0.25, 0.3) is 0 Å². The van der Waals surface area contributed by atoms with Crippen molar-refractivity contribution in [1.29, 1.82) is 0 Å². The molecule has 0 unspecified atom stereocenters. The van der Waals surface area contributed by atoms with E-state index in [1.54, 1.807) is 12.3 Å². The Kier molecular flexibility index (Phi) is 4.12. The van der Waals surface area contributed by atoms with Gasteiger partial charge in [-0.2, -0.15) is 13.2 Å². The fourth-order valence-corrected chi connectivity index (χ4v) is 2.17. The molecule has 0 saturated carbocycles.